The number of benzene rings is 2. The van der Waals surface area contributed by atoms with Crippen molar-refractivity contribution in [2.75, 3.05) is 42.8 Å². The summed E-state index contributed by atoms with van der Waals surface area (Å²) < 4.78 is 36.0. The van der Waals surface area contributed by atoms with Crippen LogP contribution >= 0.6 is 0 Å². The highest BCUT2D eigenvalue weighted by molar-refractivity contribution is 5.94. The van der Waals surface area contributed by atoms with Gasteiger partial charge in [0.2, 0.25) is 5.91 Å². The molecule has 2 aromatic rings. The number of carbonyl (C=O) groups excluding carboxylic acids is 2. The van der Waals surface area contributed by atoms with Crippen LogP contribution < -0.4 is 16.0 Å². The van der Waals surface area contributed by atoms with Crippen molar-refractivity contribution >= 4 is 29.1 Å². The average molecular weight is 379 g/mol. The normalized spacial score (nSPS) is 10.2. The first-order valence-corrected chi connectivity index (χ1v) is 7.99. The molecule has 0 spiro atoms. The number of anilines is 3. The van der Waals surface area contributed by atoms with Gasteiger partial charge in [0.1, 0.15) is 18.2 Å². The van der Waals surface area contributed by atoms with Crippen LogP contribution in [-0.4, -0.2) is 38.9 Å². The Labute approximate surface area is 154 Å². The SMILES string of the molecule is COCCOC(=O)Nc1cccc(NCC(=O)Nc2ccc(F)cc2F)c1. The zero-order chi connectivity index (χ0) is 19.6. The summed E-state index contributed by atoms with van der Waals surface area (Å²) in [5.41, 5.74) is 0.907. The maximum absolute atomic E-state index is 13.5. The maximum atomic E-state index is 13.5. The molecule has 0 saturated heterocycles. The molecule has 2 amide bonds. The van der Waals surface area contributed by atoms with Crippen molar-refractivity contribution in [3.8, 4) is 0 Å². The molecule has 0 aliphatic carbocycles. The predicted molar refractivity (Wildman–Crippen MR) is 96.8 cm³/mol. The van der Waals surface area contributed by atoms with Crippen LogP contribution in [0.25, 0.3) is 0 Å². The molecule has 2 rings (SSSR count). The van der Waals surface area contributed by atoms with Gasteiger partial charge >= 0.3 is 6.09 Å². The predicted octanol–water partition coefficient (Wildman–Crippen LogP) is 3.21. The number of carbonyl (C=O) groups is 2. The first-order chi connectivity index (χ1) is 13.0. The smallest absolute Gasteiger partial charge is 0.411 e. The van der Waals surface area contributed by atoms with Gasteiger partial charge in [-0.1, -0.05) is 6.07 Å². The zero-order valence-corrected chi connectivity index (χ0v) is 14.6. The van der Waals surface area contributed by atoms with Crippen molar-refractivity contribution < 1.29 is 27.8 Å². The summed E-state index contributed by atoms with van der Waals surface area (Å²) in [5, 5.41) is 7.72. The molecule has 27 heavy (non-hydrogen) atoms. The highest BCUT2D eigenvalue weighted by Crippen LogP contribution is 2.16. The molecule has 0 radical (unpaired) electrons. The van der Waals surface area contributed by atoms with Crippen LogP contribution in [0.5, 0.6) is 0 Å². The number of nitrogens with one attached hydrogen (secondary N) is 3. The van der Waals surface area contributed by atoms with E-state index in [0.29, 0.717) is 24.0 Å². The van der Waals surface area contributed by atoms with Gasteiger partial charge in [0.15, 0.2) is 0 Å². The molecule has 144 valence electrons. The van der Waals surface area contributed by atoms with Crippen LogP contribution in [0.15, 0.2) is 42.5 Å². The summed E-state index contributed by atoms with van der Waals surface area (Å²) in [6, 6.07) is 9.48. The molecule has 0 heterocycles. The summed E-state index contributed by atoms with van der Waals surface area (Å²) in [4.78, 5) is 23.5. The Morgan fingerprint density at radius 2 is 1.78 bits per heavy atom. The van der Waals surface area contributed by atoms with Crippen molar-refractivity contribution in [2.24, 2.45) is 0 Å². The van der Waals surface area contributed by atoms with Crippen LogP contribution in [-0.2, 0) is 14.3 Å². The van der Waals surface area contributed by atoms with Gasteiger partial charge in [0.05, 0.1) is 18.8 Å². The monoisotopic (exact) mass is 379 g/mol. The number of halogens is 2. The topological polar surface area (TPSA) is 88.7 Å². The number of rotatable bonds is 8. The van der Waals surface area contributed by atoms with Crippen molar-refractivity contribution in [3.05, 3.63) is 54.1 Å². The van der Waals surface area contributed by atoms with Gasteiger partial charge in [-0.25, -0.2) is 13.6 Å². The van der Waals surface area contributed by atoms with Crippen molar-refractivity contribution in [3.63, 3.8) is 0 Å². The minimum absolute atomic E-state index is 0.113. The van der Waals surface area contributed by atoms with E-state index in [2.05, 4.69) is 16.0 Å². The molecular formula is C18H19F2N3O4. The number of amides is 2. The molecule has 2 aromatic carbocycles. The molecule has 7 nitrogen and oxygen atoms in total. The Morgan fingerprint density at radius 3 is 2.52 bits per heavy atom. The third-order valence-corrected chi connectivity index (χ3v) is 3.29. The maximum Gasteiger partial charge on any atom is 0.411 e. The fraction of sp³-hybridized carbons (Fsp3) is 0.222. The van der Waals surface area contributed by atoms with Gasteiger partial charge in [-0.3, -0.25) is 10.1 Å². The average Bonchev–Trinajstić information content (AvgIpc) is 2.63. The minimum Gasteiger partial charge on any atom is -0.447 e. The van der Waals surface area contributed by atoms with E-state index in [9.17, 15) is 18.4 Å². The molecule has 0 aliphatic rings. The number of hydrogen-bond donors (Lipinski definition) is 3. The second-order valence-corrected chi connectivity index (χ2v) is 5.36. The highest BCUT2D eigenvalue weighted by Gasteiger charge is 2.08. The molecular weight excluding hydrogens is 360 g/mol. The largest absolute Gasteiger partial charge is 0.447 e. The number of ether oxygens (including phenoxy) is 2. The van der Waals surface area contributed by atoms with E-state index in [1.54, 1.807) is 24.3 Å². The van der Waals surface area contributed by atoms with E-state index < -0.39 is 23.6 Å². The van der Waals surface area contributed by atoms with Crippen LogP contribution in [0.2, 0.25) is 0 Å². The molecule has 0 fully saturated rings. The summed E-state index contributed by atoms with van der Waals surface area (Å²) in [5.74, 6) is -2.10. The van der Waals surface area contributed by atoms with Gasteiger partial charge in [-0.2, -0.15) is 0 Å². The van der Waals surface area contributed by atoms with Crippen LogP contribution in [0, 0.1) is 11.6 Å². The van der Waals surface area contributed by atoms with E-state index in [4.69, 9.17) is 9.47 Å². The lowest BCUT2D eigenvalue weighted by molar-refractivity contribution is -0.114. The second-order valence-electron chi connectivity index (χ2n) is 5.36. The third kappa shape index (κ3) is 6.90. The lowest BCUT2D eigenvalue weighted by Gasteiger charge is -2.11. The molecule has 0 unspecified atom stereocenters. The van der Waals surface area contributed by atoms with Crippen molar-refractivity contribution in [2.45, 2.75) is 0 Å². The standard InChI is InChI=1S/C18H19F2N3O4/c1-26-7-8-27-18(25)22-14-4-2-3-13(10-14)21-11-17(24)23-16-6-5-12(19)9-15(16)20/h2-6,9-10,21H,7-8,11H2,1H3,(H,22,25)(H,23,24). The van der Waals surface area contributed by atoms with Crippen LogP contribution in [0.1, 0.15) is 0 Å². The molecule has 3 N–H and O–H groups in total. The molecule has 0 atom stereocenters. The van der Waals surface area contributed by atoms with E-state index >= 15 is 0 Å². The first-order valence-electron chi connectivity index (χ1n) is 7.99. The Kier molecular flexibility index (Phi) is 7.50. The molecule has 9 heteroatoms. The minimum atomic E-state index is -0.860. The Morgan fingerprint density at radius 1 is 1.00 bits per heavy atom. The van der Waals surface area contributed by atoms with E-state index in [0.717, 1.165) is 12.1 Å². The Bertz CT molecular complexity index is 802. The zero-order valence-electron chi connectivity index (χ0n) is 14.6. The molecule has 0 aromatic heterocycles. The van der Waals surface area contributed by atoms with Gasteiger partial charge in [-0.15, -0.1) is 0 Å². The molecule has 0 aliphatic heterocycles. The van der Waals surface area contributed by atoms with E-state index in [-0.39, 0.29) is 18.8 Å². The second kappa shape index (κ2) is 10.1. The third-order valence-electron chi connectivity index (χ3n) is 3.29. The summed E-state index contributed by atoms with van der Waals surface area (Å²) in [7, 11) is 1.50. The van der Waals surface area contributed by atoms with E-state index in [1.807, 2.05) is 0 Å². The fourth-order valence-electron chi connectivity index (χ4n) is 2.05. The van der Waals surface area contributed by atoms with Gasteiger partial charge in [-0.05, 0) is 30.3 Å². The number of methoxy groups -OCH3 is 1. The first kappa shape index (κ1) is 20.1. The van der Waals surface area contributed by atoms with Gasteiger partial charge in [0.25, 0.3) is 0 Å². The van der Waals surface area contributed by atoms with E-state index in [1.165, 1.54) is 7.11 Å². The summed E-state index contributed by atoms with van der Waals surface area (Å²) in [6.45, 7) is 0.262. The lowest BCUT2D eigenvalue weighted by Crippen LogP contribution is -2.22. The quantitative estimate of drug-likeness (QED) is 0.613. The van der Waals surface area contributed by atoms with Crippen LogP contribution in [0.4, 0.5) is 30.6 Å². The van der Waals surface area contributed by atoms with Gasteiger partial charge < -0.3 is 20.1 Å². The van der Waals surface area contributed by atoms with Crippen molar-refractivity contribution in [1.29, 1.82) is 0 Å². The van der Waals surface area contributed by atoms with Crippen molar-refractivity contribution in [1.82, 2.24) is 0 Å². The Balaban J connectivity index is 1.84. The highest BCUT2D eigenvalue weighted by atomic mass is 19.1. The molecule has 0 saturated carbocycles. The lowest BCUT2D eigenvalue weighted by atomic mass is 10.2. The van der Waals surface area contributed by atoms with Crippen LogP contribution in [0.3, 0.4) is 0 Å². The fourth-order valence-corrected chi connectivity index (χ4v) is 2.05. The molecule has 0 bridgehead atoms. The summed E-state index contributed by atoms with van der Waals surface area (Å²) >= 11 is 0. The van der Waals surface area contributed by atoms with Gasteiger partial charge in [0, 0.05) is 24.6 Å². The number of hydrogen-bond acceptors (Lipinski definition) is 5. The summed E-state index contributed by atoms with van der Waals surface area (Å²) in [6.07, 6.45) is -0.631. The Hall–Kier alpha value is -3.20.